The topological polar surface area (TPSA) is 23.5 Å². The van der Waals surface area contributed by atoms with Gasteiger partial charge < -0.3 is 10.0 Å². The number of para-hydroxylation sites is 1. The number of anilines is 1. The number of halogens is 2. The van der Waals surface area contributed by atoms with Gasteiger partial charge in [-0.1, -0.05) is 35.9 Å². The number of aliphatic hydroxyl groups excluding tert-OH is 1. The zero-order chi connectivity index (χ0) is 13.8. The molecule has 100 valence electrons. The van der Waals surface area contributed by atoms with E-state index >= 15 is 0 Å². The maximum absolute atomic E-state index is 12.9. The fourth-order valence-corrected chi connectivity index (χ4v) is 2.40. The molecule has 0 unspecified atom stereocenters. The number of rotatable bonds is 4. The second-order valence-electron chi connectivity index (χ2n) is 4.39. The van der Waals surface area contributed by atoms with Crippen molar-refractivity contribution in [3.63, 3.8) is 0 Å². The molecule has 2 aromatic carbocycles. The highest BCUT2D eigenvalue weighted by atomic mass is 35.5. The van der Waals surface area contributed by atoms with Crippen molar-refractivity contribution >= 4 is 17.3 Å². The van der Waals surface area contributed by atoms with Crippen LogP contribution in [0.2, 0.25) is 5.02 Å². The number of hydrogen-bond acceptors (Lipinski definition) is 2. The van der Waals surface area contributed by atoms with Crippen molar-refractivity contribution in [2.45, 2.75) is 13.2 Å². The van der Waals surface area contributed by atoms with E-state index in [0.717, 1.165) is 16.8 Å². The van der Waals surface area contributed by atoms with Gasteiger partial charge in [-0.05, 0) is 23.8 Å². The molecule has 0 radical (unpaired) electrons. The number of hydrogen-bond donors (Lipinski definition) is 1. The highest BCUT2D eigenvalue weighted by molar-refractivity contribution is 6.33. The van der Waals surface area contributed by atoms with Gasteiger partial charge in [0.15, 0.2) is 0 Å². The number of benzene rings is 2. The monoisotopic (exact) mass is 279 g/mol. The normalized spacial score (nSPS) is 10.5. The minimum Gasteiger partial charge on any atom is -0.392 e. The van der Waals surface area contributed by atoms with E-state index in [9.17, 15) is 9.50 Å². The Morgan fingerprint density at radius 1 is 1.16 bits per heavy atom. The third-order valence-electron chi connectivity index (χ3n) is 2.96. The minimum absolute atomic E-state index is 0.0658. The molecule has 4 heteroatoms. The van der Waals surface area contributed by atoms with Gasteiger partial charge in [0, 0.05) is 19.2 Å². The lowest BCUT2D eigenvalue weighted by Gasteiger charge is -2.23. The van der Waals surface area contributed by atoms with Crippen LogP contribution in [0.25, 0.3) is 0 Å². The number of aliphatic hydroxyl groups is 1. The fraction of sp³-hybridized carbons (Fsp3) is 0.200. The van der Waals surface area contributed by atoms with Crippen LogP contribution < -0.4 is 4.90 Å². The first-order valence-electron chi connectivity index (χ1n) is 5.95. The highest BCUT2D eigenvalue weighted by Crippen LogP contribution is 2.30. The highest BCUT2D eigenvalue weighted by Gasteiger charge is 2.11. The van der Waals surface area contributed by atoms with Crippen LogP contribution in [0.4, 0.5) is 10.1 Å². The van der Waals surface area contributed by atoms with Crippen molar-refractivity contribution in [2.75, 3.05) is 11.9 Å². The van der Waals surface area contributed by atoms with E-state index in [0.29, 0.717) is 11.6 Å². The Kier molecular flexibility index (Phi) is 4.40. The third-order valence-corrected chi connectivity index (χ3v) is 3.26. The Morgan fingerprint density at radius 2 is 1.84 bits per heavy atom. The summed E-state index contributed by atoms with van der Waals surface area (Å²) in [6.45, 7) is 0.528. The third kappa shape index (κ3) is 3.25. The quantitative estimate of drug-likeness (QED) is 0.924. The molecule has 0 aliphatic carbocycles. The molecule has 0 bridgehead atoms. The van der Waals surface area contributed by atoms with E-state index in [1.807, 2.05) is 24.1 Å². The van der Waals surface area contributed by atoms with E-state index in [4.69, 9.17) is 11.6 Å². The second kappa shape index (κ2) is 6.04. The van der Waals surface area contributed by atoms with Gasteiger partial charge in [-0.3, -0.25) is 0 Å². The predicted octanol–water partition coefficient (Wildman–Crippen LogP) is 3.61. The molecule has 0 aliphatic heterocycles. The maximum atomic E-state index is 12.9. The van der Waals surface area contributed by atoms with Crippen LogP contribution in [0, 0.1) is 5.82 Å². The van der Waals surface area contributed by atoms with Crippen LogP contribution in [0.3, 0.4) is 0 Å². The Labute approximate surface area is 117 Å². The second-order valence-corrected chi connectivity index (χ2v) is 4.80. The van der Waals surface area contributed by atoms with Crippen LogP contribution in [0.15, 0.2) is 42.5 Å². The Bertz CT molecular complexity index is 557. The molecule has 0 aliphatic rings. The maximum Gasteiger partial charge on any atom is 0.123 e. The molecule has 0 aromatic heterocycles. The van der Waals surface area contributed by atoms with Gasteiger partial charge in [0.25, 0.3) is 0 Å². The average Bonchev–Trinajstić information content (AvgIpc) is 2.40. The first kappa shape index (κ1) is 13.8. The lowest BCUT2D eigenvalue weighted by Crippen LogP contribution is -2.18. The van der Waals surface area contributed by atoms with Crippen molar-refractivity contribution in [1.82, 2.24) is 0 Å². The summed E-state index contributed by atoms with van der Waals surface area (Å²) in [5.74, 6) is -0.250. The summed E-state index contributed by atoms with van der Waals surface area (Å²) in [6, 6.07) is 11.8. The standard InChI is InChI=1S/C15H15ClFNO/c1-18(9-11-5-7-13(17)8-6-11)15-12(10-19)3-2-4-14(15)16/h2-8,19H,9-10H2,1H3. The summed E-state index contributed by atoms with van der Waals surface area (Å²) in [4.78, 5) is 1.95. The van der Waals surface area contributed by atoms with Crippen molar-refractivity contribution in [3.8, 4) is 0 Å². The van der Waals surface area contributed by atoms with E-state index in [1.54, 1.807) is 18.2 Å². The molecule has 2 rings (SSSR count). The van der Waals surface area contributed by atoms with Gasteiger partial charge in [0.2, 0.25) is 0 Å². The first-order chi connectivity index (χ1) is 9.11. The van der Waals surface area contributed by atoms with Gasteiger partial charge in [-0.15, -0.1) is 0 Å². The average molecular weight is 280 g/mol. The molecule has 0 fully saturated rings. The number of nitrogens with zero attached hydrogens (tertiary/aromatic N) is 1. The lowest BCUT2D eigenvalue weighted by molar-refractivity contribution is 0.282. The Morgan fingerprint density at radius 3 is 2.47 bits per heavy atom. The van der Waals surface area contributed by atoms with Crippen LogP contribution in [0.1, 0.15) is 11.1 Å². The van der Waals surface area contributed by atoms with Crippen molar-refractivity contribution in [1.29, 1.82) is 0 Å². The SMILES string of the molecule is CN(Cc1ccc(F)cc1)c1c(Cl)cccc1CO. The van der Waals surface area contributed by atoms with E-state index in [2.05, 4.69) is 0 Å². The van der Waals surface area contributed by atoms with Gasteiger partial charge >= 0.3 is 0 Å². The molecule has 0 atom stereocenters. The molecule has 1 N–H and O–H groups in total. The smallest absolute Gasteiger partial charge is 0.123 e. The minimum atomic E-state index is -0.250. The summed E-state index contributed by atoms with van der Waals surface area (Å²) >= 11 is 6.18. The van der Waals surface area contributed by atoms with Gasteiger partial charge in [0.1, 0.15) is 5.82 Å². The van der Waals surface area contributed by atoms with Gasteiger partial charge in [-0.2, -0.15) is 0 Å². The van der Waals surface area contributed by atoms with E-state index in [1.165, 1.54) is 12.1 Å². The van der Waals surface area contributed by atoms with Crippen molar-refractivity contribution in [2.24, 2.45) is 0 Å². The summed E-state index contributed by atoms with van der Waals surface area (Å²) < 4.78 is 12.9. The summed E-state index contributed by atoms with van der Waals surface area (Å²) in [6.07, 6.45) is 0. The fourth-order valence-electron chi connectivity index (χ4n) is 2.06. The summed E-state index contributed by atoms with van der Waals surface area (Å²) in [5, 5.41) is 9.95. The molecule has 0 amide bonds. The lowest BCUT2D eigenvalue weighted by atomic mass is 10.1. The summed E-state index contributed by atoms with van der Waals surface area (Å²) in [5.41, 5.74) is 2.56. The molecule has 2 nitrogen and oxygen atoms in total. The van der Waals surface area contributed by atoms with Crippen LogP contribution in [-0.4, -0.2) is 12.2 Å². The van der Waals surface area contributed by atoms with Crippen LogP contribution >= 0.6 is 11.6 Å². The van der Waals surface area contributed by atoms with E-state index in [-0.39, 0.29) is 12.4 Å². The zero-order valence-electron chi connectivity index (χ0n) is 10.6. The molecule has 0 spiro atoms. The predicted molar refractivity (Wildman–Crippen MR) is 75.9 cm³/mol. The molecule has 0 saturated carbocycles. The van der Waals surface area contributed by atoms with Crippen molar-refractivity contribution < 1.29 is 9.50 Å². The van der Waals surface area contributed by atoms with E-state index < -0.39 is 0 Å². The molecule has 0 saturated heterocycles. The van der Waals surface area contributed by atoms with Gasteiger partial charge in [-0.25, -0.2) is 4.39 Å². The Hall–Kier alpha value is -1.58. The largest absolute Gasteiger partial charge is 0.392 e. The molecular weight excluding hydrogens is 265 g/mol. The first-order valence-corrected chi connectivity index (χ1v) is 6.33. The molecule has 2 aromatic rings. The Balaban J connectivity index is 2.24. The zero-order valence-corrected chi connectivity index (χ0v) is 11.4. The van der Waals surface area contributed by atoms with Gasteiger partial charge in [0.05, 0.1) is 17.3 Å². The molecular formula is C15H15ClFNO. The van der Waals surface area contributed by atoms with Crippen LogP contribution in [0.5, 0.6) is 0 Å². The molecule has 0 heterocycles. The van der Waals surface area contributed by atoms with Crippen LogP contribution in [-0.2, 0) is 13.2 Å². The molecule has 19 heavy (non-hydrogen) atoms. The summed E-state index contributed by atoms with van der Waals surface area (Å²) in [7, 11) is 1.89. The van der Waals surface area contributed by atoms with Crippen molar-refractivity contribution in [3.05, 3.63) is 64.4 Å².